The van der Waals surface area contributed by atoms with Gasteiger partial charge in [-0.3, -0.25) is 4.79 Å². The van der Waals surface area contributed by atoms with Gasteiger partial charge < -0.3 is 19.7 Å². The summed E-state index contributed by atoms with van der Waals surface area (Å²) in [5.41, 5.74) is 0.688. The quantitative estimate of drug-likeness (QED) is 0.718. The molecule has 0 radical (unpaired) electrons. The van der Waals surface area contributed by atoms with Crippen molar-refractivity contribution in [1.29, 1.82) is 0 Å². The van der Waals surface area contributed by atoms with Crippen LogP contribution in [0.2, 0.25) is 0 Å². The lowest BCUT2D eigenvalue weighted by molar-refractivity contribution is -0.148. The molecule has 2 atom stereocenters. The van der Waals surface area contributed by atoms with E-state index in [0.29, 0.717) is 22.6 Å². The van der Waals surface area contributed by atoms with Crippen molar-refractivity contribution < 1.29 is 29.3 Å². The van der Waals surface area contributed by atoms with E-state index in [2.05, 4.69) is 0 Å². The van der Waals surface area contributed by atoms with Gasteiger partial charge in [-0.25, -0.2) is 4.79 Å². The van der Waals surface area contributed by atoms with Gasteiger partial charge in [0.15, 0.2) is 0 Å². The second kappa shape index (κ2) is 8.45. The zero-order valence-electron chi connectivity index (χ0n) is 17.1. The van der Waals surface area contributed by atoms with Crippen LogP contribution < -0.4 is 9.47 Å². The highest BCUT2D eigenvalue weighted by Gasteiger charge is 2.47. The van der Waals surface area contributed by atoms with Crippen molar-refractivity contribution in [2.45, 2.75) is 13.3 Å². The summed E-state index contributed by atoms with van der Waals surface area (Å²) < 4.78 is 10.3. The Morgan fingerprint density at radius 2 is 1.47 bits per heavy atom. The Labute approximate surface area is 175 Å². The average molecular weight is 408 g/mol. The Morgan fingerprint density at radius 3 is 1.93 bits per heavy atom. The van der Waals surface area contributed by atoms with Gasteiger partial charge in [0.2, 0.25) is 0 Å². The molecule has 0 spiro atoms. The number of carbonyl (C=O) groups is 2. The number of carboxylic acids is 2. The third-order valence-corrected chi connectivity index (χ3v) is 5.73. The molecule has 2 unspecified atom stereocenters. The molecular formula is C24H24O6. The van der Waals surface area contributed by atoms with Crippen LogP contribution in [0.5, 0.6) is 11.5 Å². The summed E-state index contributed by atoms with van der Waals surface area (Å²) in [6.07, 6.45) is 3.40. The van der Waals surface area contributed by atoms with Crippen LogP contribution in [-0.2, 0) is 16.0 Å². The molecule has 0 fully saturated rings. The van der Waals surface area contributed by atoms with E-state index in [1.807, 2.05) is 0 Å². The first-order valence-corrected chi connectivity index (χ1v) is 9.50. The Hall–Kier alpha value is -3.54. The van der Waals surface area contributed by atoms with Gasteiger partial charge in [0.25, 0.3) is 0 Å². The number of aliphatic carboxylic acids is 2. The lowest BCUT2D eigenvalue weighted by Gasteiger charge is -2.37. The van der Waals surface area contributed by atoms with E-state index in [1.165, 1.54) is 0 Å². The minimum atomic E-state index is -1.38. The van der Waals surface area contributed by atoms with E-state index in [-0.39, 0.29) is 12.0 Å². The normalized spacial score (nSPS) is 20.7. The van der Waals surface area contributed by atoms with Crippen LogP contribution in [-0.4, -0.2) is 36.4 Å². The first kappa shape index (κ1) is 21.2. The molecule has 2 N–H and O–H groups in total. The fourth-order valence-electron chi connectivity index (χ4n) is 3.90. The van der Waals surface area contributed by atoms with E-state index in [1.54, 1.807) is 81.8 Å². The van der Waals surface area contributed by atoms with Crippen LogP contribution in [0.25, 0.3) is 5.57 Å². The summed E-state index contributed by atoms with van der Waals surface area (Å²) >= 11 is 0. The second-order valence-electron chi connectivity index (χ2n) is 7.29. The third kappa shape index (κ3) is 3.81. The fraction of sp³-hybridized carbons (Fsp3) is 0.250. The molecule has 0 amide bonds. The number of carboxylic acid groups (broad SMARTS) is 2. The van der Waals surface area contributed by atoms with Crippen LogP contribution >= 0.6 is 0 Å². The molecule has 30 heavy (non-hydrogen) atoms. The van der Waals surface area contributed by atoms with Crippen molar-refractivity contribution in [2.24, 2.45) is 11.3 Å². The molecule has 2 aromatic carbocycles. The van der Waals surface area contributed by atoms with Gasteiger partial charge in [0.05, 0.1) is 19.6 Å². The number of benzene rings is 2. The predicted molar refractivity (Wildman–Crippen MR) is 113 cm³/mol. The number of hydrogen-bond acceptors (Lipinski definition) is 4. The highest BCUT2D eigenvalue weighted by atomic mass is 16.5. The Bertz CT molecular complexity index is 1000. The van der Waals surface area contributed by atoms with Crippen LogP contribution in [0.1, 0.15) is 18.1 Å². The molecule has 156 valence electrons. The van der Waals surface area contributed by atoms with Gasteiger partial charge in [-0.15, -0.1) is 0 Å². The highest BCUT2D eigenvalue weighted by Crippen LogP contribution is 2.45. The minimum absolute atomic E-state index is 0.0820. The van der Waals surface area contributed by atoms with Gasteiger partial charge in [-0.1, -0.05) is 43.3 Å². The standard InChI is InChI=1S/C24H24O6/c1-15-21(22(25)26)20(17-6-10-19(30-3)11-7-17)12-13-24(15,23(27)28)14-16-4-8-18(29-2)9-5-16/h4-13,15H,14H2,1-3H3,(H,25,26)(H,27,28). The Kier molecular flexibility index (Phi) is 5.96. The van der Waals surface area contributed by atoms with Crippen molar-refractivity contribution in [1.82, 2.24) is 0 Å². The zero-order chi connectivity index (χ0) is 21.9. The summed E-state index contributed by atoms with van der Waals surface area (Å²) in [4.78, 5) is 24.6. The summed E-state index contributed by atoms with van der Waals surface area (Å²) in [5, 5.41) is 20.1. The van der Waals surface area contributed by atoms with Gasteiger partial charge >= 0.3 is 11.9 Å². The first-order chi connectivity index (χ1) is 14.3. The highest BCUT2D eigenvalue weighted by molar-refractivity contribution is 6.02. The summed E-state index contributed by atoms with van der Waals surface area (Å²) in [5.74, 6) is -1.61. The number of hydrogen-bond donors (Lipinski definition) is 2. The van der Waals surface area contributed by atoms with Gasteiger partial charge in [0, 0.05) is 11.5 Å². The maximum Gasteiger partial charge on any atom is 0.332 e. The molecule has 0 saturated carbocycles. The smallest absolute Gasteiger partial charge is 0.332 e. The van der Waals surface area contributed by atoms with E-state index < -0.39 is 23.3 Å². The summed E-state index contributed by atoms with van der Waals surface area (Å²) in [6, 6.07) is 14.2. The van der Waals surface area contributed by atoms with E-state index >= 15 is 0 Å². The molecule has 1 aliphatic rings. The monoisotopic (exact) mass is 408 g/mol. The average Bonchev–Trinajstić information content (AvgIpc) is 2.75. The van der Waals surface area contributed by atoms with Crippen molar-refractivity contribution >= 4 is 17.5 Å². The lowest BCUT2D eigenvalue weighted by Crippen LogP contribution is -2.42. The van der Waals surface area contributed by atoms with Crippen LogP contribution in [0.4, 0.5) is 0 Å². The van der Waals surface area contributed by atoms with Crippen molar-refractivity contribution in [3.05, 3.63) is 77.4 Å². The van der Waals surface area contributed by atoms with Crippen LogP contribution in [0, 0.1) is 11.3 Å². The molecule has 0 aliphatic heterocycles. The fourth-order valence-corrected chi connectivity index (χ4v) is 3.90. The second-order valence-corrected chi connectivity index (χ2v) is 7.29. The Morgan fingerprint density at radius 1 is 0.933 bits per heavy atom. The van der Waals surface area contributed by atoms with E-state index in [0.717, 1.165) is 5.56 Å². The maximum absolute atomic E-state index is 12.4. The maximum atomic E-state index is 12.4. The first-order valence-electron chi connectivity index (χ1n) is 9.50. The molecule has 6 nitrogen and oxygen atoms in total. The van der Waals surface area contributed by atoms with Crippen molar-refractivity contribution in [3.63, 3.8) is 0 Å². The molecule has 0 bridgehead atoms. The lowest BCUT2D eigenvalue weighted by atomic mass is 9.64. The van der Waals surface area contributed by atoms with Crippen molar-refractivity contribution in [2.75, 3.05) is 14.2 Å². The molecule has 6 heteroatoms. The molecule has 0 aromatic heterocycles. The summed E-state index contributed by atoms with van der Waals surface area (Å²) in [6.45, 7) is 1.66. The summed E-state index contributed by atoms with van der Waals surface area (Å²) in [7, 11) is 3.12. The molecule has 2 aromatic rings. The Balaban J connectivity index is 2.05. The zero-order valence-corrected chi connectivity index (χ0v) is 17.1. The number of ether oxygens (including phenoxy) is 2. The molecular weight excluding hydrogens is 384 g/mol. The van der Waals surface area contributed by atoms with Gasteiger partial charge in [0.1, 0.15) is 11.5 Å². The molecule has 0 saturated heterocycles. The van der Waals surface area contributed by atoms with Gasteiger partial charge in [-0.05, 0) is 47.4 Å². The number of rotatable bonds is 7. The van der Waals surface area contributed by atoms with Gasteiger partial charge in [-0.2, -0.15) is 0 Å². The van der Waals surface area contributed by atoms with Crippen molar-refractivity contribution in [3.8, 4) is 11.5 Å². The SMILES string of the molecule is COc1ccc(CC2(C(=O)O)C=CC(c3ccc(OC)cc3)=C(C(=O)O)C2C)cc1. The number of methoxy groups -OCH3 is 2. The number of allylic oxidation sites excluding steroid dienone is 2. The van der Waals surface area contributed by atoms with E-state index in [9.17, 15) is 19.8 Å². The van der Waals surface area contributed by atoms with Crippen LogP contribution in [0.15, 0.2) is 66.3 Å². The topological polar surface area (TPSA) is 93.1 Å². The molecule has 1 aliphatic carbocycles. The molecule has 3 rings (SSSR count). The largest absolute Gasteiger partial charge is 0.497 e. The predicted octanol–water partition coefficient (Wildman–Crippen LogP) is 4.06. The molecule has 0 heterocycles. The van der Waals surface area contributed by atoms with Crippen LogP contribution in [0.3, 0.4) is 0 Å². The van der Waals surface area contributed by atoms with E-state index in [4.69, 9.17) is 9.47 Å². The third-order valence-electron chi connectivity index (χ3n) is 5.73. The minimum Gasteiger partial charge on any atom is -0.497 e.